The van der Waals surface area contributed by atoms with Crippen LogP contribution in [0.1, 0.15) is 32.6 Å². The van der Waals surface area contributed by atoms with E-state index in [1.165, 1.54) is 0 Å². The molecule has 164 valence electrons. The molecule has 2 aromatic carbocycles. The zero-order valence-electron chi connectivity index (χ0n) is 17.5. The van der Waals surface area contributed by atoms with Crippen LogP contribution in [0, 0.1) is 0 Å². The average Bonchev–Trinajstić information content (AvgIpc) is 3.18. The van der Waals surface area contributed by atoms with Crippen LogP contribution < -0.4 is 4.80 Å². The highest BCUT2D eigenvalue weighted by atomic mass is 35.5. The van der Waals surface area contributed by atoms with Gasteiger partial charge in [0.2, 0.25) is 10.0 Å². The van der Waals surface area contributed by atoms with Gasteiger partial charge in [0, 0.05) is 30.0 Å². The van der Waals surface area contributed by atoms with Gasteiger partial charge >= 0.3 is 0 Å². The van der Waals surface area contributed by atoms with Crippen LogP contribution in [0.4, 0.5) is 5.69 Å². The second-order valence-electron chi connectivity index (χ2n) is 7.63. The van der Waals surface area contributed by atoms with Gasteiger partial charge in [0.1, 0.15) is 0 Å². The second kappa shape index (κ2) is 9.69. The molecule has 3 aromatic rings. The van der Waals surface area contributed by atoms with Crippen molar-refractivity contribution in [3.63, 3.8) is 0 Å². The molecule has 31 heavy (non-hydrogen) atoms. The van der Waals surface area contributed by atoms with Crippen LogP contribution >= 0.6 is 22.9 Å². The van der Waals surface area contributed by atoms with Gasteiger partial charge in [0.15, 0.2) is 4.80 Å². The highest BCUT2D eigenvalue weighted by Gasteiger charge is 2.25. The molecule has 1 aliphatic rings. The number of piperidine rings is 1. The Hall–Kier alpha value is -1.93. The molecule has 0 radical (unpaired) electrons. The summed E-state index contributed by atoms with van der Waals surface area (Å²) in [5.41, 5.74) is 2.88. The van der Waals surface area contributed by atoms with E-state index in [2.05, 4.69) is 16.9 Å². The van der Waals surface area contributed by atoms with E-state index in [9.17, 15) is 8.42 Å². The Bertz CT molecular complexity index is 1190. The number of nitrogens with zero attached hydrogens (tertiary/aromatic N) is 3. The fourth-order valence-electron chi connectivity index (χ4n) is 3.77. The quantitative estimate of drug-likeness (QED) is 0.460. The largest absolute Gasteiger partial charge is 0.316 e. The zero-order valence-corrected chi connectivity index (χ0v) is 19.9. The predicted molar refractivity (Wildman–Crippen MR) is 127 cm³/mol. The number of hydrogen-bond acceptors (Lipinski definition) is 4. The van der Waals surface area contributed by atoms with E-state index in [-0.39, 0.29) is 0 Å². The molecule has 1 saturated heterocycles. The number of halogens is 1. The molecule has 0 atom stereocenters. The summed E-state index contributed by atoms with van der Waals surface area (Å²) < 4.78 is 29.7. The van der Waals surface area contributed by atoms with Gasteiger partial charge in [0.25, 0.3) is 0 Å². The maximum absolute atomic E-state index is 12.9. The van der Waals surface area contributed by atoms with Crippen molar-refractivity contribution in [1.82, 2.24) is 8.87 Å². The van der Waals surface area contributed by atoms with E-state index in [0.717, 1.165) is 54.0 Å². The predicted octanol–water partition coefficient (Wildman–Crippen LogP) is 5.69. The first-order chi connectivity index (χ1) is 15.0. The summed E-state index contributed by atoms with van der Waals surface area (Å²) in [4.78, 5) is 6.05. The van der Waals surface area contributed by atoms with Gasteiger partial charge in [-0.2, -0.15) is 4.31 Å². The van der Waals surface area contributed by atoms with Crippen molar-refractivity contribution in [1.29, 1.82) is 0 Å². The minimum Gasteiger partial charge on any atom is -0.316 e. The standard InChI is InChI=1S/C23H26ClN3O2S2/c1-2-14-27-22(17-30-23(27)25-20-10-8-19(24)9-11-20)18-6-12-21(13-7-18)31(28,29)26-15-4-3-5-16-26/h6-13,17H,2-5,14-16H2,1H3. The van der Waals surface area contributed by atoms with Gasteiger partial charge in [-0.05, 0) is 61.2 Å². The summed E-state index contributed by atoms with van der Waals surface area (Å²) >= 11 is 7.56. The fraction of sp³-hybridized carbons (Fsp3) is 0.348. The Kier molecular flexibility index (Phi) is 6.96. The molecular weight excluding hydrogens is 450 g/mol. The van der Waals surface area contributed by atoms with Gasteiger partial charge in [-0.25, -0.2) is 13.4 Å². The molecule has 0 bridgehead atoms. The smallest absolute Gasteiger partial charge is 0.243 e. The maximum atomic E-state index is 12.9. The third-order valence-electron chi connectivity index (χ3n) is 5.40. The Morgan fingerprint density at radius 2 is 1.68 bits per heavy atom. The number of sulfonamides is 1. The molecule has 5 nitrogen and oxygen atoms in total. The molecule has 0 spiro atoms. The summed E-state index contributed by atoms with van der Waals surface area (Å²) in [7, 11) is -3.42. The van der Waals surface area contributed by atoms with E-state index < -0.39 is 10.0 Å². The molecule has 2 heterocycles. The molecular formula is C23H26ClN3O2S2. The minimum atomic E-state index is -3.42. The Labute approximate surface area is 192 Å². The van der Waals surface area contributed by atoms with Crippen LogP contribution in [0.5, 0.6) is 0 Å². The normalized spacial score (nSPS) is 16.0. The first-order valence-corrected chi connectivity index (χ1v) is 13.3. The van der Waals surface area contributed by atoms with Crippen molar-refractivity contribution in [3.05, 3.63) is 63.7 Å². The molecule has 1 fully saturated rings. The zero-order chi connectivity index (χ0) is 21.8. The molecule has 8 heteroatoms. The SMILES string of the molecule is CCCn1c(-c2ccc(S(=O)(=O)N3CCCCC3)cc2)csc1=Nc1ccc(Cl)cc1. The summed E-state index contributed by atoms with van der Waals surface area (Å²) in [6, 6.07) is 14.7. The number of hydrogen-bond donors (Lipinski definition) is 0. The van der Waals surface area contributed by atoms with Gasteiger partial charge < -0.3 is 4.57 Å². The Morgan fingerprint density at radius 3 is 2.32 bits per heavy atom. The van der Waals surface area contributed by atoms with E-state index in [4.69, 9.17) is 16.6 Å². The lowest BCUT2D eigenvalue weighted by atomic mass is 10.2. The van der Waals surface area contributed by atoms with E-state index in [1.54, 1.807) is 27.8 Å². The molecule has 1 aliphatic heterocycles. The summed E-state index contributed by atoms with van der Waals surface area (Å²) in [5, 5.41) is 2.77. The van der Waals surface area contributed by atoms with Gasteiger partial charge in [-0.3, -0.25) is 0 Å². The Balaban J connectivity index is 1.66. The molecule has 0 aliphatic carbocycles. The first kappa shape index (κ1) is 22.3. The summed E-state index contributed by atoms with van der Waals surface area (Å²) in [6.45, 7) is 4.19. The van der Waals surface area contributed by atoms with Crippen LogP contribution in [-0.4, -0.2) is 30.4 Å². The maximum Gasteiger partial charge on any atom is 0.243 e. The first-order valence-electron chi connectivity index (χ1n) is 10.6. The van der Waals surface area contributed by atoms with Crippen molar-refractivity contribution in [2.75, 3.05) is 13.1 Å². The van der Waals surface area contributed by atoms with E-state index >= 15 is 0 Å². The van der Waals surface area contributed by atoms with Crippen LogP contribution in [0.15, 0.2) is 63.8 Å². The lowest BCUT2D eigenvalue weighted by molar-refractivity contribution is 0.346. The van der Waals surface area contributed by atoms with Crippen molar-refractivity contribution in [2.45, 2.75) is 44.0 Å². The van der Waals surface area contributed by atoms with Crippen molar-refractivity contribution >= 4 is 38.6 Å². The summed E-state index contributed by atoms with van der Waals surface area (Å²) in [6.07, 6.45) is 3.94. The van der Waals surface area contributed by atoms with Gasteiger partial charge in [-0.1, -0.05) is 37.1 Å². The minimum absolute atomic E-state index is 0.362. The van der Waals surface area contributed by atoms with E-state index in [1.807, 2.05) is 36.4 Å². The average molecular weight is 476 g/mol. The molecule has 0 amide bonds. The lowest BCUT2D eigenvalue weighted by Crippen LogP contribution is -2.35. The lowest BCUT2D eigenvalue weighted by Gasteiger charge is -2.25. The molecule has 0 unspecified atom stereocenters. The molecule has 4 rings (SSSR count). The fourth-order valence-corrected chi connectivity index (χ4v) is 6.37. The molecule has 0 saturated carbocycles. The molecule has 1 aromatic heterocycles. The Morgan fingerprint density at radius 1 is 1.00 bits per heavy atom. The molecule has 0 N–H and O–H groups in total. The number of aromatic nitrogens is 1. The van der Waals surface area contributed by atoms with Crippen LogP contribution in [0.2, 0.25) is 5.02 Å². The topological polar surface area (TPSA) is 54.7 Å². The van der Waals surface area contributed by atoms with Crippen molar-refractivity contribution in [2.24, 2.45) is 4.99 Å². The number of rotatable bonds is 6. The third-order valence-corrected chi connectivity index (χ3v) is 8.43. The highest BCUT2D eigenvalue weighted by Crippen LogP contribution is 2.26. The van der Waals surface area contributed by atoms with Crippen LogP contribution in [0.3, 0.4) is 0 Å². The third kappa shape index (κ3) is 4.95. The van der Waals surface area contributed by atoms with Crippen LogP contribution in [0.25, 0.3) is 11.3 Å². The second-order valence-corrected chi connectivity index (χ2v) is 10.8. The number of thiazole rings is 1. The summed E-state index contributed by atoms with van der Waals surface area (Å²) in [5.74, 6) is 0. The highest BCUT2D eigenvalue weighted by molar-refractivity contribution is 7.89. The van der Waals surface area contributed by atoms with E-state index in [0.29, 0.717) is 23.0 Å². The van der Waals surface area contributed by atoms with Crippen molar-refractivity contribution < 1.29 is 8.42 Å². The monoisotopic (exact) mass is 475 g/mol. The van der Waals surface area contributed by atoms with Crippen LogP contribution in [-0.2, 0) is 16.6 Å². The number of benzene rings is 2. The van der Waals surface area contributed by atoms with Crippen molar-refractivity contribution in [3.8, 4) is 11.3 Å². The van der Waals surface area contributed by atoms with Gasteiger partial charge in [-0.15, -0.1) is 11.3 Å². The van der Waals surface area contributed by atoms with Gasteiger partial charge in [0.05, 0.1) is 16.3 Å².